The molecular formula is C36H38ClFN6O5. The molecule has 1 fully saturated rings. The minimum absolute atomic E-state index is 0.0716. The third-order valence-corrected chi connectivity index (χ3v) is 8.73. The van der Waals surface area contributed by atoms with Crippen LogP contribution in [0.2, 0.25) is 5.02 Å². The number of aromatic nitrogens is 2. The summed E-state index contributed by atoms with van der Waals surface area (Å²) in [5.74, 6) is 0.152. The van der Waals surface area contributed by atoms with Gasteiger partial charge in [-0.3, -0.25) is 23.9 Å². The lowest BCUT2D eigenvalue weighted by atomic mass is 9.97. The first kappa shape index (κ1) is 35.2. The van der Waals surface area contributed by atoms with Crippen molar-refractivity contribution in [2.45, 2.75) is 45.3 Å². The van der Waals surface area contributed by atoms with E-state index in [0.717, 1.165) is 27.8 Å². The van der Waals surface area contributed by atoms with E-state index < -0.39 is 12.0 Å². The van der Waals surface area contributed by atoms with Gasteiger partial charge < -0.3 is 30.7 Å². The first-order valence-electron chi connectivity index (χ1n) is 15.9. The summed E-state index contributed by atoms with van der Waals surface area (Å²) in [6, 6.07) is 16.1. The fourth-order valence-electron chi connectivity index (χ4n) is 5.72. The lowest BCUT2D eigenvalue weighted by Crippen LogP contribution is -2.40. The second-order valence-electron chi connectivity index (χ2n) is 11.7. The molecule has 2 aromatic carbocycles. The van der Waals surface area contributed by atoms with Gasteiger partial charge in [-0.15, -0.1) is 0 Å². The highest BCUT2D eigenvalue weighted by atomic mass is 35.5. The number of nitrogens with zero attached hydrogens (tertiary/aromatic N) is 3. The molecule has 1 aliphatic heterocycles. The maximum absolute atomic E-state index is 13.2. The van der Waals surface area contributed by atoms with Crippen molar-refractivity contribution in [1.29, 1.82) is 0 Å². The molecule has 1 aliphatic rings. The first-order chi connectivity index (χ1) is 23.7. The van der Waals surface area contributed by atoms with E-state index in [0.29, 0.717) is 60.1 Å². The molecule has 1 atom stereocenters. The fraction of sp³-hybridized carbons (Fsp3) is 0.306. The molecule has 2 aromatic heterocycles. The summed E-state index contributed by atoms with van der Waals surface area (Å²) >= 11 is 6.97. The molecule has 0 spiro atoms. The highest BCUT2D eigenvalue weighted by Crippen LogP contribution is 2.39. The molecule has 1 unspecified atom stereocenters. The number of carbonyl (C=O) groups is 3. The Balaban J connectivity index is 1.30. The minimum Gasteiger partial charge on any atom is -0.496 e. The van der Waals surface area contributed by atoms with E-state index in [1.165, 1.54) is 11.1 Å². The van der Waals surface area contributed by atoms with Gasteiger partial charge in [0.1, 0.15) is 11.4 Å². The van der Waals surface area contributed by atoms with Crippen LogP contribution in [-0.2, 0) is 17.9 Å². The third kappa shape index (κ3) is 8.70. The highest BCUT2D eigenvalue weighted by Gasteiger charge is 2.25. The van der Waals surface area contributed by atoms with Crippen LogP contribution < -0.4 is 20.7 Å². The highest BCUT2D eigenvalue weighted by molar-refractivity contribution is 6.35. The zero-order valence-corrected chi connectivity index (χ0v) is 28.0. The monoisotopic (exact) mass is 688 g/mol. The summed E-state index contributed by atoms with van der Waals surface area (Å²) in [5.41, 5.74) is 5.95. The van der Waals surface area contributed by atoms with Crippen LogP contribution in [-0.4, -0.2) is 70.8 Å². The molecule has 4 N–H and O–H groups in total. The van der Waals surface area contributed by atoms with Crippen LogP contribution in [0.1, 0.15) is 46.4 Å². The molecule has 0 bridgehead atoms. The number of amides is 3. The quantitative estimate of drug-likeness (QED) is 0.114. The Morgan fingerprint density at radius 1 is 1.14 bits per heavy atom. The van der Waals surface area contributed by atoms with Crippen molar-refractivity contribution >= 4 is 35.2 Å². The van der Waals surface area contributed by atoms with Crippen LogP contribution in [0.25, 0.3) is 22.4 Å². The van der Waals surface area contributed by atoms with Gasteiger partial charge >= 0.3 is 6.09 Å². The van der Waals surface area contributed by atoms with Crippen molar-refractivity contribution in [3.63, 3.8) is 0 Å². The zero-order valence-electron chi connectivity index (χ0n) is 27.3. The van der Waals surface area contributed by atoms with Crippen molar-refractivity contribution in [1.82, 2.24) is 25.5 Å². The topological polar surface area (TPSA) is 146 Å². The Bertz CT molecular complexity index is 1820. The Labute approximate surface area is 288 Å². The molecule has 5 rings (SSSR count). The number of rotatable bonds is 14. The van der Waals surface area contributed by atoms with Gasteiger partial charge in [0.15, 0.2) is 0 Å². The number of alkyl halides is 1. The molecule has 11 nitrogen and oxygen atoms in total. The summed E-state index contributed by atoms with van der Waals surface area (Å²) in [6.45, 7) is 2.86. The second kappa shape index (κ2) is 16.4. The SMILES string of the molecule is COc1cc(-c2nccc(-c3cccc(NC(=O)c4ccc(CN(CC5CCC(=O)N5)C(=O)O)cn4)c3C)c2Cl)ccc1CNCCCF. The minimum atomic E-state index is -1.10. The molecule has 4 aromatic rings. The maximum atomic E-state index is 13.2. The third-order valence-electron chi connectivity index (χ3n) is 8.35. The van der Waals surface area contributed by atoms with Gasteiger partial charge in [0, 0.05) is 60.3 Å². The van der Waals surface area contributed by atoms with E-state index in [1.807, 2.05) is 43.3 Å². The van der Waals surface area contributed by atoms with Crippen molar-refractivity contribution < 1.29 is 28.6 Å². The van der Waals surface area contributed by atoms with Crippen LogP contribution in [0, 0.1) is 6.92 Å². The van der Waals surface area contributed by atoms with Crippen LogP contribution >= 0.6 is 11.6 Å². The van der Waals surface area contributed by atoms with E-state index in [9.17, 15) is 23.9 Å². The predicted octanol–water partition coefficient (Wildman–Crippen LogP) is 6.24. The number of pyridine rings is 2. The Morgan fingerprint density at radius 2 is 1.98 bits per heavy atom. The Kier molecular flexibility index (Phi) is 11.8. The van der Waals surface area contributed by atoms with Crippen molar-refractivity contribution in [2.75, 3.05) is 32.2 Å². The van der Waals surface area contributed by atoms with Crippen molar-refractivity contribution in [2.24, 2.45) is 0 Å². The predicted molar refractivity (Wildman–Crippen MR) is 185 cm³/mol. The average molecular weight is 689 g/mol. The number of carboxylic acid groups (broad SMARTS) is 1. The second-order valence-corrected chi connectivity index (χ2v) is 12.1. The lowest BCUT2D eigenvalue weighted by molar-refractivity contribution is -0.119. The number of halogens is 2. The number of hydrogen-bond donors (Lipinski definition) is 4. The Morgan fingerprint density at radius 3 is 2.67 bits per heavy atom. The van der Waals surface area contributed by atoms with Gasteiger partial charge in [-0.1, -0.05) is 41.9 Å². The summed E-state index contributed by atoms with van der Waals surface area (Å²) in [7, 11) is 1.59. The van der Waals surface area contributed by atoms with E-state index >= 15 is 0 Å². The molecule has 3 amide bonds. The summed E-state index contributed by atoms with van der Waals surface area (Å²) in [6.07, 6.45) is 3.47. The molecule has 0 saturated carbocycles. The number of hydrogen-bond acceptors (Lipinski definition) is 7. The number of ether oxygens (including phenoxy) is 1. The van der Waals surface area contributed by atoms with Crippen LogP contribution in [0.4, 0.5) is 14.9 Å². The van der Waals surface area contributed by atoms with Crippen molar-refractivity contribution in [3.05, 3.63) is 94.4 Å². The van der Waals surface area contributed by atoms with Gasteiger partial charge in [0.05, 0.1) is 31.0 Å². The standard InChI is InChI=1S/C36H38ClFN6O5/c1-22-27(28-13-16-40-34(33(28)37)24-8-9-25(31(17-24)49-2)19-39-15-4-14-38)5-3-6-29(22)43-35(46)30-11-7-23(18-41-30)20-44(36(47)48)21-26-10-12-32(45)42-26/h3,5-9,11,13,16-18,26,39H,4,10,12,14-15,19-21H2,1-2H3,(H,42,45)(H,43,46)(H,47,48). The molecule has 3 heterocycles. The number of nitrogens with one attached hydrogen (secondary N) is 3. The number of anilines is 1. The number of benzene rings is 2. The first-order valence-corrected chi connectivity index (χ1v) is 16.3. The van der Waals surface area contributed by atoms with E-state index in [1.54, 1.807) is 31.5 Å². The van der Waals surface area contributed by atoms with Crippen LogP contribution in [0.3, 0.4) is 0 Å². The van der Waals surface area contributed by atoms with Crippen LogP contribution in [0.15, 0.2) is 67.0 Å². The maximum Gasteiger partial charge on any atom is 0.407 e. The summed E-state index contributed by atoms with van der Waals surface area (Å²) < 4.78 is 18.1. The average Bonchev–Trinajstić information content (AvgIpc) is 3.52. The number of carbonyl (C=O) groups excluding carboxylic acids is 2. The fourth-order valence-corrected chi connectivity index (χ4v) is 6.04. The van der Waals surface area contributed by atoms with E-state index in [-0.39, 0.29) is 37.4 Å². The largest absolute Gasteiger partial charge is 0.496 e. The van der Waals surface area contributed by atoms with Gasteiger partial charge in [-0.2, -0.15) is 0 Å². The molecule has 49 heavy (non-hydrogen) atoms. The van der Waals surface area contributed by atoms with E-state index in [4.69, 9.17) is 16.3 Å². The van der Waals surface area contributed by atoms with Gasteiger partial charge in [-0.05, 0) is 67.3 Å². The molecule has 1 saturated heterocycles. The molecular weight excluding hydrogens is 651 g/mol. The number of methoxy groups -OCH3 is 1. The van der Waals surface area contributed by atoms with Crippen LogP contribution in [0.5, 0.6) is 5.75 Å². The van der Waals surface area contributed by atoms with Gasteiger partial charge in [0.2, 0.25) is 5.91 Å². The summed E-state index contributed by atoms with van der Waals surface area (Å²) in [5, 5.41) is 19.0. The lowest BCUT2D eigenvalue weighted by Gasteiger charge is -2.22. The smallest absolute Gasteiger partial charge is 0.407 e. The molecule has 0 aliphatic carbocycles. The zero-order chi connectivity index (χ0) is 34.9. The van der Waals surface area contributed by atoms with Gasteiger partial charge in [-0.25, -0.2) is 4.79 Å². The summed E-state index contributed by atoms with van der Waals surface area (Å²) in [4.78, 5) is 46.6. The molecule has 256 valence electrons. The molecule has 13 heteroatoms. The normalized spacial score (nSPS) is 14.0. The Hall–Kier alpha value is -5.07. The van der Waals surface area contributed by atoms with E-state index in [2.05, 4.69) is 25.9 Å². The van der Waals surface area contributed by atoms with Crippen molar-refractivity contribution in [3.8, 4) is 28.1 Å². The van der Waals surface area contributed by atoms with Gasteiger partial charge in [0.25, 0.3) is 5.91 Å². The molecule has 0 radical (unpaired) electrons.